The number of aromatic amines is 1. The summed E-state index contributed by atoms with van der Waals surface area (Å²) in [4.78, 5) is 14.3. The number of benzene rings is 1. The van der Waals surface area contributed by atoms with Crippen LogP contribution in [0.4, 0.5) is 0 Å². The maximum atomic E-state index is 11.5. The van der Waals surface area contributed by atoms with Crippen LogP contribution >= 0.6 is 23.2 Å². The molecule has 2 nitrogen and oxygen atoms in total. The molecule has 0 fully saturated rings. The monoisotopic (exact) mass is 241 g/mol. The number of aromatic nitrogens is 1. The van der Waals surface area contributed by atoms with Crippen molar-refractivity contribution >= 4 is 34.1 Å². The molecule has 15 heavy (non-hydrogen) atoms. The Morgan fingerprint density at radius 1 is 1.33 bits per heavy atom. The summed E-state index contributed by atoms with van der Waals surface area (Å²) in [5.74, 6) is 0.205. The van der Waals surface area contributed by atoms with E-state index < -0.39 is 0 Å². The molecule has 78 valence electrons. The number of hydrogen-bond donors (Lipinski definition) is 1. The van der Waals surface area contributed by atoms with Gasteiger partial charge in [-0.15, -0.1) is 11.6 Å². The van der Waals surface area contributed by atoms with Crippen molar-refractivity contribution in [2.75, 3.05) is 0 Å². The van der Waals surface area contributed by atoms with Crippen molar-refractivity contribution in [1.82, 2.24) is 4.98 Å². The number of H-pyrrole nitrogens is 1. The smallest absolute Gasteiger partial charge is 0.252 e. The topological polar surface area (TPSA) is 32.9 Å². The lowest BCUT2D eigenvalue weighted by Gasteiger charge is -2.04. The standard InChI is InChI=1S/C11H9Cl2NO/c1-6-2-9(13)4-7-3-8(5-12)11(15)14-10(6)7/h2-4H,5H2,1H3,(H,14,15). The lowest BCUT2D eigenvalue weighted by Crippen LogP contribution is -2.11. The number of rotatable bonds is 1. The number of nitrogens with one attached hydrogen (secondary N) is 1. The maximum Gasteiger partial charge on any atom is 0.252 e. The minimum Gasteiger partial charge on any atom is -0.321 e. The zero-order valence-electron chi connectivity index (χ0n) is 8.10. The molecule has 0 radical (unpaired) electrons. The lowest BCUT2D eigenvalue weighted by molar-refractivity contribution is 1.20. The fraction of sp³-hybridized carbons (Fsp3) is 0.182. The second kappa shape index (κ2) is 3.87. The van der Waals surface area contributed by atoms with E-state index in [1.54, 1.807) is 6.07 Å². The van der Waals surface area contributed by atoms with Crippen LogP contribution in [0.1, 0.15) is 11.1 Å². The molecule has 4 heteroatoms. The van der Waals surface area contributed by atoms with Crippen LogP contribution in [0.5, 0.6) is 0 Å². The third-order valence-corrected chi connectivity index (χ3v) is 2.84. The fourth-order valence-corrected chi connectivity index (χ4v) is 2.08. The summed E-state index contributed by atoms with van der Waals surface area (Å²) in [6.07, 6.45) is 0. The second-order valence-corrected chi connectivity index (χ2v) is 4.15. The third-order valence-electron chi connectivity index (χ3n) is 2.33. The van der Waals surface area contributed by atoms with E-state index in [1.807, 2.05) is 19.1 Å². The molecule has 0 spiro atoms. The first kappa shape index (κ1) is 10.5. The summed E-state index contributed by atoms with van der Waals surface area (Å²) in [7, 11) is 0. The summed E-state index contributed by atoms with van der Waals surface area (Å²) in [6.45, 7) is 1.91. The molecular formula is C11H9Cl2NO. The van der Waals surface area contributed by atoms with Crippen molar-refractivity contribution in [3.63, 3.8) is 0 Å². The van der Waals surface area contributed by atoms with Gasteiger partial charge in [-0.2, -0.15) is 0 Å². The molecule has 0 amide bonds. The van der Waals surface area contributed by atoms with Gasteiger partial charge in [0, 0.05) is 16.0 Å². The van der Waals surface area contributed by atoms with Gasteiger partial charge in [-0.3, -0.25) is 4.79 Å². The van der Waals surface area contributed by atoms with E-state index in [2.05, 4.69) is 4.98 Å². The van der Waals surface area contributed by atoms with Crippen LogP contribution < -0.4 is 5.56 Å². The number of hydrogen-bond acceptors (Lipinski definition) is 1. The molecule has 0 saturated carbocycles. The Labute approximate surface area is 96.8 Å². The van der Waals surface area contributed by atoms with Crippen LogP contribution in [-0.2, 0) is 5.88 Å². The predicted octanol–water partition coefficient (Wildman–Crippen LogP) is 3.23. The minimum absolute atomic E-state index is 0.136. The molecule has 2 rings (SSSR count). The van der Waals surface area contributed by atoms with Gasteiger partial charge in [-0.1, -0.05) is 11.6 Å². The molecular weight excluding hydrogens is 233 g/mol. The van der Waals surface area contributed by atoms with Crippen molar-refractivity contribution in [1.29, 1.82) is 0 Å². The largest absolute Gasteiger partial charge is 0.321 e. The van der Waals surface area contributed by atoms with Crippen LogP contribution in [0.25, 0.3) is 10.9 Å². The zero-order chi connectivity index (χ0) is 11.0. The number of aryl methyl sites for hydroxylation is 1. The zero-order valence-corrected chi connectivity index (χ0v) is 9.62. The molecule has 0 saturated heterocycles. The molecule has 0 aliphatic rings. The Hall–Kier alpha value is -0.990. The van der Waals surface area contributed by atoms with E-state index in [9.17, 15) is 4.79 Å². The first-order valence-corrected chi connectivity index (χ1v) is 5.41. The van der Waals surface area contributed by atoms with Crippen molar-refractivity contribution < 1.29 is 0 Å². The van der Waals surface area contributed by atoms with E-state index in [0.29, 0.717) is 10.6 Å². The summed E-state index contributed by atoms with van der Waals surface area (Å²) >= 11 is 11.6. The van der Waals surface area contributed by atoms with Gasteiger partial charge in [0.05, 0.1) is 11.4 Å². The van der Waals surface area contributed by atoms with Gasteiger partial charge in [0.1, 0.15) is 0 Å². The number of halogens is 2. The average molecular weight is 242 g/mol. The molecule has 1 aromatic heterocycles. The van der Waals surface area contributed by atoms with Gasteiger partial charge >= 0.3 is 0 Å². The number of fused-ring (bicyclic) bond motifs is 1. The highest BCUT2D eigenvalue weighted by atomic mass is 35.5. The predicted molar refractivity (Wildman–Crippen MR) is 63.9 cm³/mol. The minimum atomic E-state index is -0.136. The van der Waals surface area contributed by atoms with Crippen LogP contribution in [0, 0.1) is 6.92 Å². The summed E-state index contributed by atoms with van der Waals surface area (Å²) in [6, 6.07) is 5.41. The molecule has 0 unspecified atom stereocenters. The molecule has 0 bridgehead atoms. The van der Waals surface area contributed by atoms with Gasteiger partial charge in [0.2, 0.25) is 0 Å². The van der Waals surface area contributed by atoms with E-state index in [-0.39, 0.29) is 11.4 Å². The Kier molecular flexibility index (Phi) is 2.72. The molecule has 1 N–H and O–H groups in total. The second-order valence-electron chi connectivity index (χ2n) is 3.44. The Balaban J connectivity index is 2.87. The highest BCUT2D eigenvalue weighted by molar-refractivity contribution is 6.31. The van der Waals surface area contributed by atoms with Gasteiger partial charge in [-0.25, -0.2) is 0 Å². The summed E-state index contributed by atoms with van der Waals surface area (Å²) in [5, 5.41) is 1.57. The molecule has 0 atom stereocenters. The molecule has 0 aliphatic heterocycles. The average Bonchev–Trinajstić information content (AvgIpc) is 2.18. The molecule has 1 aromatic carbocycles. The third kappa shape index (κ3) is 1.87. The van der Waals surface area contributed by atoms with Crippen molar-refractivity contribution in [2.24, 2.45) is 0 Å². The highest BCUT2D eigenvalue weighted by Gasteiger charge is 2.04. The SMILES string of the molecule is Cc1cc(Cl)cc2cc(CCl)c(=O)[nH]c12. The quantitative estimate of drug-likeness (QED) is 0.765. The van der Waals surface area contributed by atoms with Crippen LogP contribution in [0.2, 0.25) is 5.02 Å². The van der Waals surface area contributed by atoms with Crippen LogP contribution in [0.15, 0.2) is 23.0 Å². The molecule has 1 heterocycles. The van der Waals surface area contributed by atoms with Crippen molar-refractivity contribution in [3.05, 3.63) is 44.7 Å². The number of alkyl halides is 1. The fourth-order valence-electron chi connectivity index (χ4n) is 1.60. The Morgan fingerprint density at radius 3 is 2.73 bits per heavy atom. The van der Waals surface area contributed by atoms with E-state index >= 15 is 0 Å². The Morgan fingerprint density at radius 2 is 2.07 bits per heavy atom. The maximum absolute atomic E-state index is 11.5. The van der Waals surface area contributed by atoms with Gasteiger partial charge in [-0.05, 0) is 30.7 Å². The first-order valence-electron chi connectivity index (χ1n) is 4.50. The van der Waals surface area contributed by atoms with E-state index in [0.717, 1.165) is 16.5 Å². The van der Waals surface area contributed by atoms with Crippen LogP contribution in [0.3, 0.4) is 0 Å². The van der Waals surface area contributed by atoms with E-state index in [1.165, 1.54) is 0 Å². The molecule has 2 aromatic rings. The lowest BCUT2D eigenvalue weighted by atomic mass is 10.1. The van der Waals surface area contributed by atoms with E-state index in [4.69, 9.17) is 23.2 Å². The van der Waals surface area contributed by atoms with Gasteiger partial charge in [0.15, 0.2) is 0 Å². The Bertz CT molecular complexity index is 575. The highest BCUT2D eigenvalue weighted by Crippen LogP contribution is 2.21. The normalized spacial score (nSPS) is 10.9. The van der Waals surface area contributed by atoms with Gasteiger partial charge in [0.25, 0.3) is 5.56 Å². The summed E-state index contributed by atoms with van der Waals surface area (Å²) < 4.78 is 0. The molecule has 0 aliphatic carbocycles. The number of pyridine rings is 1. The van der Waals surface area contributed by atoms with Crippen molar-refractivity contribution in [2.45, 2.75) is 12.8 Å². The van der Waals surface area contributed by atoms with Crippen LogP contribution in [-0.4, -0.2) is 4.98 Å². The van der Waals surface area contributed by atoms with Crippen molar-refractivity contribution in [3.8, 4) is 0 Å². The first-order chi connectivity index (χ1) is 7.11. The summed E-state index contributed by atoms with van der Waals surface area (Å²) in [5.41, 5.74) is 2.20. The van der Waals surface area contributed by atoms with Gasteiger partial charge < -0.3 is 4.98 Å².